The van der Waals surface area contributed by atoms with Crippen LogP contribution >= 0.6 is 0 Å². The van der Waals surface area contributed by atoms with Crippen LogP contribution in [0, 0.1) is 17.8 Å². The monoisotopic (exact) mass is 299 g/mol. The number of amides is 2. The van der Waals surface area contributed by atoms with Gasteiger partial charge in [0.1, 0.15) is 6.04 Å². The van der Waals surface area contributed by atoms with E-state index in [4.69, 9.17) is 5.73 Å². The van der Waals surface area contributed by atoms with Gasteiger partial charge in [-0.2, -0.15) is 0 Å². The normalized spacial score (nSPS) is 14.1. The highest BCUT2D eigenvalue weighted by Crippen LogP contribution is 2.20. The second kappa shape index (κ2) is 10.6. The van der Waals surface area contributed by atoms with E-state index in [1.54, 1.807) is 7.05 Å². The zero-order chi connectivity index (χ0) is 16.4. The molecule has 0 bridgehead atoms. The van der Waals surface area contributed by atoms with Crippen molar-refractivity contribution in [2.75, 3.05) is 13.6 Å². The Morgan fingerprint density at radius 2 is 1.71 bits per heavy atom. The lowest BCUT2D eigenvalue weighted by Crippen LogP contribution is -2.46. The van der Waals surface area contributed by atoms with E-state index in [0.717, 1.165) is 12.8 Å². The van der Waals surface area contributed by atoms with Crippen LogP contribution in [0.25, 0.3) is 0 Å². The molecular weight excluding hydrogens is 266 g/mol. The van der Waals surface area contributed by atoms with Crippen molar-refractivity contribution >= 4 is 11.8 Å². The van der Waals surface area contributed by atoms with E-state index in [0.29, 0.717) is 37.1 Å². The molecule has 5 heteroatoms. The Labute approximate surface area is 129 Å². The number of carbonyl (C=O) groups excluding carboxylic acids is 2. The van der Waals surface area contributed by atoms with Crippen LogP contribution in [0.15, 0.2) is 0 Å². The van der Waals surface area contributed by atoms with Crippen LogP contribution < -0.4 is 16.4 Å². The SMILES string of the molecule is CNC(=O)C(CC(C)C)NC(=O)CCC(CCN)C(C)C. The van der Waals surface area contributed by atoms with Gasteiger partial charge in [0.25, 0.3) is 0 Å². The maximum Gasteiger partial charge on any atom is 0.242 e. The second-order valence-electron chi connectivity index (χ2n) is 6.48. The Hall–Kier alpha value is -1.10. The quantitative estimate of drug-likeness (QED) is 0.573. The molecule has 0 aliphatic rings. The number of hydrogen-bond acceptors (Lipinski definition) is 3. The summed E-state index contributed by atoms with van der Waals surface area (Å²) >= 11 is 0. The molecule has 4 N–H and O–H groups in total. The highest BCUT2D eigenvalue weighted by atomic mass is 16.2. The Balaban J connectivity index is 4.39. The maximum atomic E-state index is 12.1. The zero-order valence-corrected chi connectivity index (χ0v) is 14.2. The summed E-state index contributed by atoms with van der Waals surface area (Å²) in [6.07, 6.45) is 2.87. The summed E-state index contributed by atoms with van der Waals surface area (Å²) in [4.78, 5) is 23.9. The van der Waals surface area contributed by atoms with E-state index in [1.165, 1.54) is 0 Å². The Kier molecular flexibility index (Phi) is 10.0. The number of carbonyl (C=O) groups is 2. The molecule has 0 fully saturated rings. The summed E-state index contributed by atoms with van der Waals surface area (Å²) in [7, 11) is 1.60. The summed E-state index contributed by atoms with van der Waals surface area (Å²) in [5.41, 5.74) is 5.61. The van der Waals surface area contributed by atoms with Gasteiger partial charge in [0.15, 0.2) is 0 Å². The van der Waals surface area contributed by atoms with E-state index in [9.17, 15) is 9.59 Å². The minimum absolute atomic E-state index is 0.0491. The van der Waals surface area contributed by atoms with Gasteiger partial charge < -0.3 is 16.4 Å². The molecule has 0 aliphatic carbocycles. The molecule has 5 nitrogen and oxygen atoms in total. The molecule has 2 atom stereocenters. The second-order valence-corrected chi connectivity index (χ2v) is 6.48. The minimum atomic E-state index is -0.436. The van der Waals surface area contributed by atoms with Gasteiger partial charge in [-0.15, -0.1) is 0 Å². The topological polar surface area (TPSA) is 84.2 Å². The van der Waals surface area contributed by atoms with Crippen molar-refractivity contribution < 1.29 is 9.59 Å². The fraction of sp³-hybridized carbons (Fsp3) is 0.875. The van der Waals surface area contributed by atoms with Crippen LogP contribution in [0.4, 0.5) is 0 Å². The summed E-state index contributed by atoms with van der Waals surface area (Å²) in [6, 6.07) is -0.436. The van der Waals surface area contributed by atoms with Crippen molar-refractivity contribution in [3.8, 4) is 0 Å². The minimum Gasteiger partial charge on any atom is -0.357 e. The molecule has 0 aromatic heterocycles. The molecule has 0 rings (SSSR count). The lowest BCUT2D eigenvalue weighted by atomic mass is 9.88. The summed E-state index contributed by atoms with van der Waals surface area (Å²) in [5, 5.41) is 5.46. The summed E-state index contributed by atoms with van der Waals surface area (Å²) < 4.78 is 0. The van der Waals surface area contributed by atoms with Gasteiger partial charge in [0.2, 0.25) is 11.8 Å². The van der Waals surface area contributed by atoms with Gasteiger partial charge in [-0.25, -0.2) is 0 Å². The van der Waals surface area contributed by atoms with E-state index >= 15 is 0 Å². The third-order valence-corrected chi connectivity index (χ3v) is 3.83. The van der Waals surface area contributed by atoms with Gasteiger partial charge in [-0.3, -0.25) is 9.59 Å². The van der Waals surface area contributed by atoms with E-state index in [2.05, 4.69) is 24.5 Å². The van der Waals surface area contributed by atoms with Crippen LogP contribution in [-0.2, 0) is 9.59 Å². The van der Waals surface area contributed by atoms with E-state index in [1.807, 2.05) is 13.8 Å². The number of hydrogen-bond donors (Lipinski definition) is 3. The number of likely N-dealkylation sites (N-methyl/N-ethyl adjacent to an activating group) is 1. The van der Waals surface area contributed by atoms with Crippen LogP contribution in [0.2, 0.25) is 0 Å². The summed E-state index contributed by atoms with van der Waals surface area (Å²) in [6.45, 7) is 9.05. The third kappa shape index (κ3) is 8.71. The fourth-order valence-electron chi connectivity index (χ4n) is 2.49. The maximum absolute atomic E-state index is 12.1. The van der Waals surface area contributed by atoms with Crippen molar-refractivity contribution in [2.24, 2.45) is 23.5 Å². The first-order valence-corrected chi connectivity index (χ1v) is 8.02. The summed E-state index contributed by atoms with van der Waals surface area (Å²) in [5.74, 6) is 1.16. The lowest BCUT2D eigenvalue weighted by molar-refractivity contribution is -0.129. The first-order valence-electron chi connectivity index (χ1n) is 8.02. The molecule has 0 spiro atoms. The molecule has 124 valence electrons. The van der Waals surface area contributed by atoms with E-state index < -0.39 is 6.04 Å². The molecule has 0 aromatic carbocycles. The number of nitrogens with two attached hydrogens (primary N) is 1. The third-order valence-electron chi connectivity index (χ3n) is 3.83. The molecule has 0 radical (unpaired) electrons. The predicted molar refractivity (Wildman–Crippen MR) is 86.7 cm³/mol. The van der Waals surface area contributed by atoms with Crippen molar-refractivity contribution in [2.45, 2.75) is 59.4 Å². The zero-order valence-electron chi connectivity index (χ0n) is 14.2. The largest absolute Gasteiger partial charge is 0.357 e. The molecule has 0 saturated carbocycles. The molecule has 0 aliphatic heterocycles. The fourth-order valence-corrected chi connectivity index (χ4v) is 2.49. The van der Waals surface area contributed by atoms with Crippen molar-refractivity contribution in [3.63, 3.8) is 0 Å². The standard InChI is InChI=1S/C16H33N3O2/c1-11(2)10-14(16(21)18-5)19-15(20)7-6-13(8-9-17)12(3)4/h11-14H,6-10,17H2,1-5H3,(H,18,21)(H,19,20). The molecule has 0 heterocycles. The van der Waals surface area contributed by atoms with Gasteiger partial charge in [0, 0.05) is 13.5 Å². The Morgan fingerprint density at radius 1 is 1.10 bits per heavy atom. The molecule has 0 saturated heterocycles. The first kappa shape index (κ1) is 19.9. The molecular formula is C16H33N3O2. The highest BCUT2D eigenvalue weighted by molar-refractivity contribution is 5.87. The van der Waals surface area contributed by atoms with Crippen LogP contribution in [0.5, 0.6) is 0 Å². The smallest absolute Gasteiger partial charge is 0.242 e. The van der Waals surface area contributed by atoms with Crippen LogP contribution in [0.3, 0.4) is 0 Å². The highest BCUT2D eigenvalue weighted by Gasteiger charge is 2.21. The van der Waals surface area contributed by atoms with Crippen LogP contribution in [-0.4, -0.2) is 31.4 Å². The predicted octanol–water partition coefficient (Wildman–Crippen LogP) is 1.66. The number of rotatable bonds is 10. The van der Waals surface area contributed by atoms with Crippen molar-refractivity contribution in [3.05, 3.63) is 0 Å². The van der Waals surface area contributed by atoms with Crippen molar-refractivity contribution in [1.29, 1.82) is 0 Å². The molecule has 2 unspecified atom stereocenters. The van der Waals surface area contributed by atoms with Crippen LogP contribution in [0.1, 0.15) is 53.4 Å². The number of nitrogens with one attached hydrogen (secondary N) is 2. The lowest BCUT2D eigenvalue weighted by Gasteiger charge is -2.22. The average Bonchev–Trinajstić information content (AvgIpc) is 2.40. The van der Waals surface area contributed by atoms with Gasteiger partial charge in [0.05, 0.1) is 0 Å². The molecule has 21 heavy (non-hydrogen) atoms. The van der Waals surface area contributed by atoms with Gasteiger partial charge in [-0.1, -0.05) is 27.7 Å². The van der Waals surface area contributed by atoms with Gasteiger partial charge in [-0.05, 0) is 43.6 Å². The first-order chi connectivity index (χ1) is 9.81. The van der Waals surface area contributed by atoms with Crippen molar-refractivity contribution in [1.82, 2.24) is 10.6 Å². The molecule has 2 amide bonds. The Morgan fingerprint density at radius 3 is 2.14 bits per heavy atom. The Bertz CT molecular complexity index is 317. The average molecular weight is 299 g/mol. The van der Waals surface area contributed by atoms with E-state index in [-0.39, 0.29) is 11.8 Å². The molecule has 0 aromatic rings. The van der Waals surface area contributed by atoms with Gasteiger partial charge >= 0.3 is 0 Å².